The molecule has 6 nitrogen and oxygen atoms in total. The number of oxazole rings is 1. The van der Waals surface area contributed by atoms with Gasteiger partial charge in [0.1, 0.15) is 17.9 Å². The van der Waals surface area contributed by atoms with Crippen molar-refractivity contribution in [3.05, 3.63) is 29.9 Å². The predicted molar refractivity (Wildman–Crippen MR) is 72.9 cm³/mol. The molecule has 1 aliphatic heterocycles. The molecular formula is C14H16FN3O3. The minimum Gasteiger partial charge on any atom is -0.439 e. The van der Waals surface area contributed by atoms with E-state index in [9.17, 15) is 9.18 Å². The lowest BCUT2D eigenvalue weighted by Gasteiger charge is -2.33. The van der Waals surface area contributed by atoms with Gasteiger partial charge in [-0.2, -0.15) is 0 Å². The van der Waals surface area contributed by atoms with E-state index in [1.807, 2.05) is 0 Å². The van der Waals surface area contributed by atoms with Gasteiger partial charge < -0.3 is 14.4 Å². The van der Waals surface area contributed by atoms with Gasteiger partial charge in [0.2, 0.25) is 11.8 Å². The Hall–Kier alpha value is -1.99. The molecule has 1 aromatic carbocycles. The zero-order valence-electron chi connectivity index (χ0n) is 11.5. The molecule has 1 fully saturated rings. The Balaban J connectivity index is 1.63. The van der Waals surface area contributed by atoms with Gasteiger partial charge in [-0.05, 0) is 12.1 Å². The van der Waals surface area contributed by atoms with Gasteiger partial charge in [-0.3, -0.25) is 9.69 Å². The zero-order valence-corrected chi connectivity index (χ0v) is 11.5. The summed E-state index contributed by atoms with van der Waals surface area (Å²) < 4.78 is 18.6. The Labute approximate surface area is 120 Å². The van der Waals surface area contributed by atoms with Crippen molar-refractivity contribution in [2.75, 3.05) is 32.8 Å². The number of amides is 1. The van der Waals surface area contributed by atoms with Crippen LogP contribution in [0, 0.1) is 5.82 Å². The van der Waals surface area contributed by atoms with E-state index in [1.165, 1.54) is 12.1 Å². The number of carbonyl (C=O) groups is 1. The number of piperazine rings is 1. The number of aliphatic hydroxyl groups is 1. The van der Waals surface area contributed by atoms with Crippen LogP contribution in [0.15, 0.2) is 22.6 Å². The molecule has 2 aromatic rings. The lowest BCUT2D eigenvalue weighted by molar-refractivity contribution is -0.136. The fourth-order valence-electron chi connectivity index (χ4n) is 2.46. The molecule has 0 aliphatic carbocycles. The van der Waals surface area contributed by atoms with Crippen molar-refractivity contribution in [1.82, 2.24) is 14.8 Å². The Kier molecular flexibility index (Phi) is 3.85. The molecule has 1 aromatic heterocycles. The molecule has 3 rings (SSSR count). The van der Waals surface area contributed by atoms with Crippen LogP contribution in [0.2, 0.25) is 0 Å². The zero-order chi connectivity index (χ0) is 14.8. The van der Waals surface area contributed by atoms with E-state index in [1.54, 1.807) is 11.0 Å². The van der Waals surface area contributed by atoms with E-state index in [0.29, 0.717) is 49.7 Å². The molecule has 21 heavy (non-hydrogen) atoms. The molecular weight excluding hydrogens is 277 g/mol. The molecule has 0 atom stereocenters. The van der Waals surface area contributed by atoms with Crippen molar-refractivity contribution in [1.29, 1.82) is 0 Å². The van der Waals surface area contributed by atoms with E-state index >= 15 is 0 Å². The maximum absolute atomic E-state index is 13.1. The Morgan fingerprint density at radius 2 is 2.10 bits per heavy atom. The van der Waals surface area contributed by atoms with E-state index in [0.717, 1.165) is 0 Å². The van der Waals surface area contributed by atoms with Crippen LogP contribution in [0.25, 0.3) is 11.1 Å². The van der Waals surface area contributed by atoms with Crippen LogP contribution in [0.4, 0.5) is 4.39 Å². The van der Waals surface area contributed by atoms with Gasteiger partial charge in [-0.1, -0.05) is 0 Å². The first-order valence-corrected chi connectivity index (χ1v) is 6.81. The molecule has 1 saturated heterocycles. The first-order valence-electron chi connectivity index (χ1n) is 6.81. The van der Waals surface area contributed by atoms with Gasteiger partial charge in [0.05, 0.1) is 6.54 Å². The van der Waals surface area contributed by atoms with Crippen molar-refractivity contribution < 1.29 is 18.7 Å². The van der Waals surface area contributed by atoms with Gasteiger partial charge >= 0.3 is 0 Å². The van der Waals surface area contributed by atoms with Crippen molar-refractivity contribution >= 4 is 17.0 Å². The SMILES string of the molecule is O=C(CO)N1CCN(Cc2nc3ccc(F)cc3o2)CC1. The summed E-state index contributed by atoms with van der Waals surface area (Å²) in [5.74, 6) is -0.0501. The second-order valence-corrected chi connectivity index (χ2v) is 5.03. The molecule has 7 heteroatoms. The van der Waals surface area contributed by atoms with Gasteiger partial charge in [0.15, 0.2) is 5.58 Å². The van der Waals surface area contributed by atoms with E-state index < -0.39 is 6.61 Å². The summed E-state index contributed by atoms with van der Waals surface area (Å²) in [4.78, 5) is 19.4. The van der Waals surface area contributed by atoms with Crippen molar-refractivity contribution in [2.24, 2.45) is 0 Å². The third-order valence-corrected chi connectivity index (χ3v) is 3.61. The molecule has 0 unspecified atom stereocenters. The van der Waals surface area contributed by atoms with Crippen molar-refractivity contribution in [3.63, 3.8) is 0 Å². The van der Waals surface area contributed by atoms with Crippen LogP contribution < -0.4 is 0 Å². The smallest absolute Gasteiger partial charge is 0.248 e. The number of benzene rings is 1. The summed E-state index contributed by atoms with van der Waals surface area (Å²) >= 11 is 0. The summed E-state index contributed by atoms with van der Waals surface area (Å²) in [5, 5.41) is 8.83. The minimum absolute atomic E-state index is 0.244. The number of aromatic nitrogens is 1. The van der Waals surface area contributed by atoms with E-state index in [-0.39, 0.29) is 11.7 Å². The maximum atomic E-state index is 13.1. The lowest BCUT2D eigenvalue weighted by Crippen LogP contribution is -2.49. The Morgan fingerprint density at radius 1 is 1.33 bits per heavy atom. The number of carbonyl (C=O) groups excluding carboxylic acids is 1. The molecule has 0 radical (unpaired) electrons. The normalized spacial score (nSPS) is 16.6. The fraction of sp³-hybridized carbons (Fsp3) is 0.429. The average Bonchev–Trinajstić information content (AvgIpc) is 2.88. The number of rotatable bonds is 3. The van der Waals surface area contributed by atoms with Crippen LogP contribution in [0.3, 0.4) is 0 Å². The number of nitrogens with zero attached hydrogens (tertiary/aromatic N) is 3. The lowest BCUT2D eigenvalue weighted by atomic mass is 10.3. The van der Waals surface area contributed by atoms with Crippen LogP contribution in [0.5, 0.6) is 0 Å². The molecule has 2 heterocycles. The summed E-state index contributed by atoms with van der Waals surface area (Å²) in [5.41, 5.74) is 1.08. The Morgan fingerprint density at radius 3 is 2.81 bits per heavy atom. The first-order chi connectivity index (χ1) is 10.2. The molecule has 1 aliphatic rings. The maximum Gasteiger partial charge on any atom is 0.248 e. The molecule has 0 bridgehead atoms. The number of hydrogen-bond acceptors (Lipinski definition) is 5. The number of hydrogen-bond donors (Lipinski definition) is 1. The van der Waals surface area contributed by atoms with Crippen LogP contribution >= 0.6 is 0 Å². The third kappa shape index (κ3) is 3.03. The summed E-state index contributed by atoms with van der Waals surface area (Å²) in [6.45, 7) is 2.62. The molecule has 0 saturated carbocycles. The van der Waals surface area contributed by atoms with Gasteiger partial charge in [0.25, 0.3) is 0 Å². The highest BCUT2D eigenvalue weighted by Gasteiger charge is 2.21. The van der Waals surface area contributed by atoms with Crippen molar-refractivity contribution in [3.8, 4) is 0 Å². The monoisotopic (exact) mass is 293 g/mol. The highest BCUT2D eigenvalue weighted by atomic mass is 19.1. The van der Waals surface area contributed by atoms with Crippen molar-refractivity contribution in [2.45, 2.75) is 6.54 Å². The summed E-state index contributed by atoms with van der Waals surface area (Å²) in [6, 6.07) is 4.27. The van der Waals surface area contributed by atoms with Crippen LogP contribution in [-0.2, 0) is 11.3 Å². The molecule has 112 valence electrons. The van der Waals surface area contributed by atoms with E-state index in [4.69, 9.17) is 9.52 Å². The molecule has 1 N–H and O–H groups in total. The number of halogens is 1. The number of aliphatic hydroxyl groups excluding tert-OH is 1. The standard InChI is InChI=1S/C14H16FN3O3/c15-10-1-2-11-12(7-10)21-13(16-11)8-17-3-5-18(6-4-17)14(20)9-19/h1-2,7,19H,3-6,8-9H2. The average molecular weight is 293 g/mol. The van der Waals surface area contributed by atoms with Gasteiger partial charge in [0, 0.05) is 32.2 Å². The first kappa shape index (κ1) is 14.0. The van der Waals surface area contributed by atoms with E-state index in [2.05, 4.69) is 9.88 Å². The summed E-state index contributed by atoms with van der Waals surface area (Å²) in [7, 11) is 0. The highest BCUT2D eigenvalue weighted by Crippen LogP contribution is 2.18. The largest absolute Gasteiger partial charge is 0.439 e. The molecule has 0 spiro atoms. The quantitative estimate of drug-likeness (QED) is 0.897. The molecule has 1 amide bonds. The second kappa shape index (κ2) is 5.79. The predicted octanol–water partition coefficient (Wildman–Crippen LogP) is 0.603. The summed E-state index contributed by atoms with van der Waals surface area (Å²) in [6.07, 6.45) is 0. The van der Waals surface area contributed by atoms with Crippen LogP contribution in [0.1, 0.15) is 5.89 Å². The Bertz CT molecular complexity index is 650. The highest BCUT2D eigenvalue weighted by molar-refractivity contribution is 5.77. The second-order valence-electron chi connectivity index (χ2n) is 5.03. The van der Waals surface area contributed by atoms with Gasteiger partial charge in [-0.25, -0.2) is 9.37 Å². The fourth-order valence-corrected chi connectivity index (χ4v) is 2.46. The number of fused-ring (bicyclic) bond motifs is 1. The topological polar surface area (TPSA) is 69.8 Å². The third-order valence-electron chi connectivity index (χ3n) is 3.61. The van der Waals surface area contributed by atoms with Gasteiger partial charge in [-0.15, -0.1) is 0 Å². The van der Waals surface area contributed by atoms with Crippen LogP contribution in [-0.4, -0.2) is 58.6 Å². The minimum atomic E-state index is -0.448.